The largest absolute Gasteiger partial charge is 0.339 e. The zero-order valence-corrected chi connectivity index (χ0v) is 12.6. The topological polar surface area (TPSA) is 32.3 Å². The molecule has 0 aliphatic carbocycles. The molecule has 0 aromatic carbocycles. The van der Waals surface area contributed by atoms with Crippen LogP contribution < -0.4 is 5.32 Å². The lowest BCUT2D eigenvalue weighted by Gasteiger charge is -2.37. The average molecular weight is 263 g/mol. The van der Waals surface area contributed by atoms with Crippen LogP contribution in [0.1, 0.15) is 41.0 Å². The summed E-state index contributed by atoms with van der Waals surface area (Å²) in [5.74, 6) is 0.883. The molecule has 1 heterocycles. The van der Waals surface area contributed by atoms with Gasteiger partial charge in [-0.25, -0.2) is 0 Å². The zero-order valence-electron chi connectivity index (χ0n) is 11.7. The van der Waals surface area contributed by atoms with E-state index in [0.29, 0.717) is 17.9 Å². The molecule has 0 spiro atoms. The number of nitrogens with zero attached hydrogens (tertiary/aromatic N) is 1. The van der Waals surface area contributed by atoms with Crippen molar-refractivity contribution < 1.29 is 4.79 Å². The van der Waals surface area contributed by atoms with Gasteiger partial charge in [-0.15, -0.1) is 12.4 Å². The molecule has 0 radical (unpaired) electrons. The van der Waals surface area contributed by atoms with Gasteiger partial charge >= 0.3 is 0 Å². The molecule has 1 unspecified atom stereocenters. The van der Waals surface area contributed by atoms with E-state index in [1.54, 1.807) is 0 Å². The van der Waals surface area contributed by atoms with Crippen molar-refractivity contribution in [2.24, 2.45) is 11.3 Å². The highest BCUT2D eigenvalue weighted by molar-refractivity contribution is 5.85. The molecule has 1 N–H and O–H groups in total. The molecule has 0 aromatic heterocycles. The van der Waals surface area contributed by atoms with Crippen molar-refractivity contribution in [3.05, 3.63) is 0 Å². The summed E-state index contributed by atoms with van der Waals surface area (Å²) in [6.45, 7) is 13.2. The van der Waals surface area contributed by atoms with Gasteiger partial charge in [0.1, 0.15) is 0 Å². The number of amides is 1. The van der Waals surface area contributed by atoms with Gasteiger partial charge in [-0.3, -0.25) is 4.79 Å². The van der Waals surface area contributed by atoms with Gasteiger partial charge in [0.05, 0.1) is 0 Å². The molecule has 17 heavy (non-hydrogen) atoms. The molecule has 102 valence electrons. The van der Waals surface area contributed by atoms with Crippen molar-refractivity contribution in [3.8, 4) is 0 Å². The molecule has 1 atom stereocenters. The first kappa shape index (κ1) is 16.7. The second-order valence-electron chi connectivity index (χ2n) is 6.09. The molecule has 0 bridgehead atoms. The lowest BCUT2D eigenvalue weighted by molar-refractivity contribution is -0.142. The Kier molecular flexibility index (Phi) is 6.49. The molecule has 1 rings (SSSR count). The summed E-state index contributed by atoms with van der Waals surface area (Å²) in [6.07, 6.45) is 0.962. The smallest absolute Gasteiger partial charge is 0.228 e. The van der Waals surface area contributed by atoms with Gasteiger partial charge in [-0.05, 0) is 19.3 Å². The predicted octanol–water partition coefficient (Wildman–Crippen LogP) is 2.30. The van der Waals surface area contributed by atoms with Crippen molar-refractivity contribution in [2.45, 2.75) is 47.1 Å². The van der Waals surface area contributed by atoms with Crippen LogP contribution in [-0.4, -0.2) is 36.5 Å². The van der Waals surface area contributed by atoms with Crippen LogP contribution in [0.2, 0.25) is 0 Å². The van der Waals surface area contributed by atoms with E-state index < -0.39 is 0 Å². The summed E-state index contributed by atoms with van der Waals surface area (Å²) in [5.41, 5.74) is -0.217. The van der Waals surface area contributed by atoms with E-state index in [4.69, 9.17) is 0 Å². The third-order valence-corrected chi connectivity index (χ3v) is 3.15. The van der Waals surface area contributed by atoms with Crippen LogP contribution >= 0.6 is 12.4 Å². The van der Waals surface area contributed by atoms with E-state index in [-0.39, 0.29) is 17.8 Å². The van der Waals surface area contributed by atoms with Crippen LogP contribution in [0.15, 0.2) is 0 Å². The Morgan fingerprint density at radius 1 is 1.47 bits per heavy atom. The van der Waals surface area contributed by atoms with Crippen LogP contribution in [0, 0.1) is 11.3 Å². The first-order valence-electron chi connectivity index (χ1n) is 6.35. The first-order valence-corrected chi connectivity index (χ1v) is 6.35. The Hall–Kier alpha value is -0.280. The Labute approximate surface area is 112 Å². The molecule has 1 fully saturated rings. The second-order valence-corrected chi connectivity index (χ2v) is 6.09. The maximum absolute atomic E-state index is 12.4. The number of hydrogen-bond donors (Lipinski definition) is 1. The average Bonchev–Trinajstić information content (AvgIpc) is 2.14. The third-order valence-electron chi connectivity index (χ3n) is 3.15. The van der Waals surface area contributed by atoms with Crippen LogP contribution in [0.3, 0.4) is 0 Å². The fraction of sp³-hybridized carbons (Fsp3) is 0.923. The lowest BCUT2D eigenvalue weighted by Crippen LogP contribution is -2.54. The van der Waals surface area contributed by atoms with Crippen LogP contribution in [0.5, 0.6) is 0 Å². The van der Waals surface area contributed by atoms with Gasteiger partial charge in [-0.1, -0.05) is 27.7 Å². The van der Waals surface area contributed by atoms with Crippen molar-refractivity contribution in [3.63, 3.8) is 0 Å². The van der Waals surface area contributed by atoms with Crippen LogP contribution in [0.25, 0.3) is 0 Å². The van der Waals surface area contributed by atoms with E-state index in [9.17, 15) is 4.79 Å². The van der Waals surface area contributed by atoms with Gasteiger partial charge in [-0.2, -0.15) is 0 Å². The fourth-order valence-corrected chi connectivity index (χ4v) is 2.65. The van der Waals surface area contributed by atoms with Gasteiger partial charge in [0.15, 0.2) is 0 Å². The van der Waals surface area contributed by atoms with E-state index in [2.05, 4.69) is 39.9 Å². The molecule has 0 saturated carbocycles. The lowest BCUT2D eigenvalue weighted by atomic mass is 9.82. The second kappa shape index (κ2) is 6.60. The zero-order chi connectivity index (χ0) is 12.3. The third kappa shape index (κ3) is 4.84. The van der Waals surface area contributed by atoms with E-state index in [1.807, 2.05) is 4.90 Å². The van der Waals surface area contributed by atoms with Gasteiger partial charge in [0, 0.05) is 31.1 Å². The number of nitrogens with one attached hydrogen (secondary N) is 1. The molecular weight excluding hydrogens is 236 g/mol. The minimum atomic E-state index is -0.217. The van der Waals surface area contributed by atoms with Crippen molar-refractivity contribution in [2.75, 3.05) is 19.6 Å². The minimum absolute atomic E-state index is 0. The van der Waals surface area contributed by atoms with Crippen LogP contribution in [-0.2, 0) is 4.79 Å². The molecule has 0 aromatic rings. The van der Waals surface area contributed by atoms with Crippen molar-refractivity contribution in [1.29, 1.82) is 0 Å². The standard InChI is InChI=1S/C13H26N2O.ClH/c1-10(2)8-13(4,5)12(16)15-7-6-14-11(3)9-15;/h10-11,14H,6-9H2,1-5H3;1H. The maximum atomic E-state index is 12.4. The molecule has 1 amide bonds. The quantitative estimate of drug-likeness (QED) is 0.847. The van der Waals surface area contributed by atoms with Crippen molar-refractivity contribution >= 4 is 18.3 Å². The minimum Gasteiger partial charge on any atom is -0.339 e. The number of halogens is 1. The summed E-state index contributed by atoms with van der Waals surface area (Å²) in [5, 5.41) is 3.37. The molecule has 1 saturated heterocycles. The van der Waals surface area contributed by atoms with E-state index in [0.717, 1.165) is 26.1 Å². The number of hydrogen-bond acceptors (Lipinski definition) is 2. The maximum Gasteiger partial charge on any atom is 0.228 e. The molecular formula is C13H27ClN2O. The first-order chi connectivity index (χ1) is 7.33. The van der Waals surface area contributed by atoms with E-state index in [1.165, 1.54) is 0 Å². The van der Waals surface area contributed by atoms with Gasteiger partial charge in [0.2, 0.25) is 5.91 Å². The van der Waals surface area contributed by atoms with Crippen molar-refractivity contribution in [1.82, 2.24) is 10.2 Å². The highest BCUT2D eigenvalue weighted by atomic mass is 35.5. The summed E-state index contributed by atoms with van der Waals surface area (Å²) in [4.78, 5) is 14.4. The molecule has 1 aliphatic heterocycles. The highest BCUT2D eigenvalue weighted by Crippen LogP contribution is 2.28. The normalized spacial score (nSPS) is 21.3. The molecule has 1 aliphatic rings. The number of rotatable bonds is 3. The summed E-state index contributed by atoms with van der Waals surface area (Å²) < 4.78 is 0. The monoisotopic (exact) mass is 262 g/mol. The predicted molar refractivity (Wildman–Crippen MR) is 74.5 cm³/mol. The number of piperazine rings is 1. The Morgan fingerprint density at radius 3 is 2.53 bits per heavy atom. The van der Waals surface area contributed by atoms with Gasteiger partial charge in [0.25, 0.3) is 0 Å². The van der Waals surface area contributed by atoms with Gasteiger partial charge < -0.3 is 10.2 Å². The number of carbonyl (C=O) groups excluding carboxylic acids is 1. The molecule has 3 nitrogen and oxygen atoms in total. The summed E-state index contributed by atoms with van der Waals surface area (Å²) in [6, 6.07) is 0.424. The SMILES string of the molecule is CC(C)CC(C)(C)C(=O)N1CCNC(C)C1.Cl. The van der Waals surface area contributed by atoms with E-state index >= 15 is 0 Å². The Bertz CT molecular complexity index is 254. The fourth-order valence-electron chi connectivity index (χ4n) is 2.65. The Balaban J connectivity index is 0.00000256. The van der Waals surface area contributed by atoms with Crippen LogP contribution in [0.4, 0.5) is 0 Å². The number of carbonyl (C=O) groups is 1. The molecule has 4 heteroatoms. The summed E-state index contributed by atoms with van der Waals surface area (Å²) >= 11 is 0. The highest BCUT2D eigenvalue weighted by Gasteiger charge is 2.33. The Morgan fingerprint density at radius 2 is 2.06 bits per heavy atom. The summed E-state index contributed by atoms with van der Waals surface area (Å²) in [7, 11) is 0.